The molecule has 0 amide bonds. The van der Waals surface area contributed by atoms with Crippen LogP contribution in [0.4, 0.5) is 0 Å². The first-order chi connectivity index (χ1) is 9.33. The van der Waals surface area contributed by atoms with Crippen LogP contribution >= 0.6 is 0 Å². The molecule has 0 saturated carbocycles. The third kappa shape index (κ3) is 2.85. The zero-order valence-electron chi connectivity index (χ0n) is 11.3. The Morgan fingerprint density at radius 3 is 2.63 bits per heavy atom. The SMILES string of the molecule is CC(NC1CCc2ccccc2C1)c1ccncc1. The fourth-order valence-electron chi connectivity index (χ4n) is 2.94. The second-order valence-corrected chi connectivity index (χ2v) is 5.38. The summed E-state index contributed by atoms with van der Waals surface area (Å²) in [6.45, 7) is 2.23. The molecule has 0 aliphatic heterocycles. The summed E-state index contributed by atoms with van der Waals surface area (Å²) in [6.07, 6.45) is 7.29. The van der Waals surface area contributed by atoms with E-state index in [-0.39, 0.29) is 0 Å². The highest BCUT2D eigenvalue weighted by atomic mass is 14.9. The molecule has 0 saturated heterocycles. The Kier molecular flexibility index (Phi) is 3.60. The molecule has 1 heterocycles. The first kappa shape index (κ1) is 12.4. The molecule has 1 aliphatic carbocycles. The predicted octanol–water partition coefficient (Wildman–Crippen LogP) is 3.29. The minimum absolute atomic E-state index is 0.387. The first-order valence-electron chi connectivity index (χ1n) is 7.05. The van der Waals surface area contributed by atoms with Gasteiger partial charge in [0, 0.05) is 24.5 Å². The molecule has 98 valence electrons. The molecule has 1 aromatic carbocycles. The average Bonchev–Trinajstić information content (AvgIpc) is 2.48. The standard InChI is InChI=1S/C17H20N2/c1-13(14-8-10-18-11-9-14)19-17-7-6-15-4-2-3-5-16(15)12-17/h2-5,8-11,13,17,19H,6-7,12H2,1H3. The molecule has 0 radical (unpaired) electrons. The minimum atomic E-state index is 0.387. The zero-order valence-corrected chi connectivity index (χ0v) is 11.3. The lowest BCUT2D eigenvalue weighted by Crippen LogP contribution is -2.36. The van der Waals surface area contributed by atoms with Crippen molar-refractivity contribution in [3.8, 4) is 0 Å². The van der Waals surface area contributed by atoms with Gasteiger partial charge in [0.2, 0.25) is 0 Å². The zero-order chi connectivity index (χ0) is 13.1. The van der Waals surface area contributed by atoms with Crippen molar-refractivity contribution in [2.45, 2.75) is 38.3 Å². The first-order valence-corrected chi connectivity index (χ1v) is 7.05. The van der Waals surface area contributed by atoms with Gasteiger partial charge in [0.1, 0.15) is 0 Å². The van der Waals surface area contributed by atoms with Crippen molar-refractivity contribution in [3.05, 3.63) is 65.5 Å². The van der Waals surface area contributed by atoms with E-state index in [1.165, 1.54) is 29.5 Å². The van der Waals surface area contributed by atoms with E-state index >= 15 is 0 Å². The number of hydrogen-bond donors (Lipinski definition) is 1. The van der Waals surface area contributed by atoms with E-state index < -0.39 is 0 Å². The van der Waals surface area contributed by atoms with Gasteiger partial charge in [-0.25, -0.2) is 0 Å². The van der Waals surface area contributed by atoms with Gasteiger partial charge in [0.05, 0.1) is 0 Å². The summed E-state index contributed by atoms with van der Waals surface area (Å²) >= 11 is 0. The van der Waals surface area contributed by atoms with Gasteiger partial charge in [-0.1, -0.05) is 24.3 Å². The number of aryl methyl sites for hydroxylation is 1. The van der Waals surface area contributed by atoms with Gasteiger partial charge in [-0.3, -0.25) is 4.98 Å². The maximum Gasteiger partial charge on any atom is 0.0295 e. The van der Waals surface area contributed by atoms with Gasteiger partial charge in [0.15, 0.2) is 0 Å². The molecule has 1 N–H and O–H groups in total. The van der Waals surface area contributed by atoms with Crippen molar-refractivity contribution >= 4 is 0 Å². The molecule has 2 heteroatoms. The van der Waals surface area contributed by atoms with E-state index in [0.29, 0.717) is 12.1 Å². The Morgan fingerprint density at radius 1 is 1.11 bits per heavy atom. The lowest BCUT2D eigenvalue weighted by molar-refractivity contribution is 0.413. The summed E-state index contributed by atoms with van der Waals surface area (Å²) in [7, 11) is 0. The molecular formula is C17H20N2. The smallest absolute Gasteiger partial charge is 0.0295 e. The summed E-state index contributed by atoms with van der Waals surface area (Å²) in [4.78, 5) is 4.08. The number of benzene rings is 1. The van der Waals surface area contributed by atoms with Crippen LogP contribution in [-0.2, 0) is 12.8 Å². The summed E-state index contributed by atoms with van der Waals surface area (Å²) in [5, 5.41) is 3.75. The van der Waals surface area contributed by atoms with Gasteiger partial charge in [-0.2, -0.15) is 0 Å². The number of pyridine rings is 1. The number of nitrogens with one attached hydrogen (secondary N) is 1. The van der Waals surface area contributed by atoms with E-state index in [1.807, 2.05) is 12.4 Å². The fourth-order valence-corrected chi connectivity index (χ4v) is 2.94. The van der Waals surface area contributed by atoms with E-state index in [0.717, 1.165) is 6.42 Å². The summed E-state index contributed by atoms with van der Waals surface area (Å²) < 4.78 is 0. The summed E-state index contributed by atoms with van der Waals surface area (Å²) in [5.41, 5.74) is 4.35. The normalized spacial score (nSPS) is 19.7. The van der Waals surface area contributed by atoms with Gasteiger partial charge in [-0.15, -0.1) is 0 Å². The van der Waals surface area contributed by atoms with Crippen LogP contribution in [-0.4, -0.2) is 11.0 Å². The molecule has 3 rings (SSSR count). The Morgan fingerprint density at radius 2 is 1.84 bits per heavy atom. The highest BCUT2D eigenvalue weighted by Gasteiger charge is 2.19. The Bertz CT molecular complexity index is 536. The third-order valence-electron chi connectivity index (χ3n) is 4.04. The lowest BCUT2D eigenvalue weighted by Gasteiger charge is -2.28. The monoisotopic (exact) mass is 252 g/mol. The maximum absolute atomic E-state index is 4.08. The number of fused-ring (bicyclic) bond motifs is 1. The van der Waals surface area contributed by atoms with Crippen molar-refractivity contribution in [2.75, 3.05) is 0 Å². The number of rotatable bonds is 3. The summed E-state index contributed by atoms with van der Waals surface area (Å²) in [6, 6.07) is 14.0. The van der Waals surface area contributed by atoms with Gasteiger partial charge in [0.25, 0.3) is 0 Å². The molecule has 0 bridgehead atoms. The van der Waals surface area contributed by atoms with Crippen LogP contribution in [0, 0.1) is 0 Å². The molecule has 1 aliphatic rings. The van der Waals surface area contributed by atoms with E-state index in [9.17, 15) is 0 Å². The second kappa shape index (κ2) is 5.54. The lowest BCUT2D eigenvalue weighted by atomic mass is 9.88. The highest BCUT2D eigenvalue weighted by Crippen LogP contribution is 2.23. The van der Waals surface area contributed by atoms with Crippen LogP contribution in [0.15, 0.2) is 48.8 Å². The molecule has 0 spiro atoms. The third-order valence-corrected chi connectivity index (χ3v) is 4.04. The molecule has 2 unspecified atom stereocenters. The van der Waals surface area contributed by atoms with Gasteiger partial charge < -0.3 is 5.32 Å². The van der Waals surface area contributed by atoms with E-state index in [1.54, 1.807) is 0 Å². The Balaban J connectivity index is 1.66. The maximum atomic E-state index is 4.08. The van der Waals surface area contributed by atoms with Crippen LogP contribution < -0.4 is 5.32 Å². The van der Waals surface area contributed by atoms with Gasteiger partial charge >= 0.3 is 0 Å². The minimum Gasteiger partial charge on any atom is -0.307 e. The Labute approximate surface area is 114 Å². The van der Waals surface area contributed by atoms with Crippen LogP contribution in [0.25, 0.3) is 0 Å². The van der Waals surface area contributed by atoms with Gasteiger partial charge in [-0.05, 0) is 55.0 Å². The number of aromatic nitrogens is 1. The van der Waals surface area contributed by atoms with Crippen molar-refractivity contribution in [1.29, 1.82) is 0 Å². The quantitative estimate of drug-likeness (QED) is 0.906. The van der Waals surface area contributed by atoms with Crippen molar-refractivity contribution in [2.24, 2.45) is 0 Å². The highest BCUT2D eigenvalue weighted by molar-refractivity contribution is 5.30. The van der Waals surface area contributed by atoms with Crippen molar-refractivity contribution in [3.63, 3.8) is 0 Å². The molecule has 19 heavy (non-hydrogen) atoms. The molecule has 1 aromatic heterocycles. The van der Waals surface area contributed by atoms with Crippen molar-refractivity contribution in [1.82, 2.24) is 10.3 Å². The Hall–Kier alpha value is -1.67. The van der Waals surface area contributed by atoms with E-state index in [2.05, 4.69) is 53.6 Å². The fraction of sp³-hybridized carbons (Fsp3) is 0.353. The van der Waals surface area contributed by atoms with Crippen molar-refractivity contribution < 1.29 is 0 Å². The second-order valence-electron chi connectivity index (χ2n) is 5.38. The predicted molar refractivity (Wildman–Crippen MR) is 78.0 cm³/mol. The topological polar surface area (TPSA) is 24.9 Å². The van der Waals surface area contributed by atoms with Crippen LogP contribution in [0.2, 0.25) is 0 Å². The summed E-state index contributed by atoms with van der Waals surface area (Å²) in [5.74, 6) is 0. The van der Waals surface area contributed by atoms with E-state index in [4.69, 9.17) is 0 Å². The molecule has 2 aromatic rings. The van der Waals surface area contributed by atoms with Crippen LogP contribution in [0.3, 0.4) is 0 Å². The molecule has 2 nitrogen and oxygen atoms in total. The number of hydrogen-bond acceptors (Lipinski definition) is 2. The average molecular weight is 252 g/mol. The van der Waals surface area contributed by atoms with Crippen LogP contribution in [0.5, 0.6) is 0 Å². The van der Waals surface area contributed by atoms with Crippen LogP contribution in [0.1, 0.15) is 36.1 Å². The molecular weight excluding hydrogens is 232 g/mol. The molecule has 2 atom stereocenters. The molecule has 0 fully saturated rings. The largest absolute Gasteiger partial charge is 0.307 e. The number of nitrogens with zero attached hydrogens (tertiary/aromatic N) is 1.